The Labute approximate surface area is 207 Å². The predicted molar refractivity (Wildman–Crippen MR) is 137 cm³/mol. The third-order valence-corrected chi connectivity index (χ3v) is 7.61. The summed E-state index contributed by atoms with van der Waals surface area (Å²) in [4.78, 5) is 29.7. The molecule has 0 atom stereocenters. The van der Waals surface area contributed by atoms with E-state index in [1.165, 1.54) is 11.3 Å². The lowest BCUT2D eigenvalue weighted by atomic mass is 10.1. The molecule has 0 spiro atoms. The highest BCUT2D eigenvalue weighted by atomic mass is 35.5. The molecule has 8 heteroatoms. The molecular weight excluding hydrogens is 468 g/mol. The molecule has 0 unspecified atom stereocenters. The van der Waals surface area contributed by atoms with Crippen molar-refractivity contribution < 1.29 is 9.59 Å². The molecule has 34 heavy (non-hydrogen) atoms. The molecule has 4 aromatic rings. The zero-order chi connectivity index (χ0) is 23.8. The number of aromatic nitrogens is 2. The molecule has 2 aromatic heterocycles. The van der Waals surface area contributed by atoms with E-state index < -0.39 is 0 Å². The average molecular weight is 493 g/mol. The van der Waals surface area contributed by atoms with Gasteiger partial charge in [0, 0.05) is 23.5 Å². The number of thiophene rings is 1. The van der Waals surface area contributed by atoms with Gasteiger partial charge in [-0.25, -0.2) is 0 Å². The van der Waals surface area contributed by atoms with Crippen LogP contribution in [-0.4, -0.2) is 39.6 Å². The first kappa shape index (κ1) is 22.6. The van der Waals surface area contributed by atoms with Gasteiger partial charge in [0.25, 0.3) is 11.8 Å². The average Bonchev–Trinajstić information content (AvgIpc) is 3.56. The number of para-hydroxylation sites is 1. The molecule has 0 saturated carbocycles. The van der Waals surface area contributed by atoms with E-state index in [4.69, 9.17) is 11.6 Å². The molecule has 1 fully saturated rings. The molecule has 1 saturated heterocycles. The molecule has 6 nitrogen and oxygen atoms in total. The van der Waals surface area contributed by atoms with Gasteiger partial charge in [-0.2, -0.15) is 5.10 Å². The van der Waals surface area contributed by atoms with Gasteiger partial charge >= 0.3 is 0 Å². The van der Waals surface area contributed by atoms with Crippen molar-refractivity contribution in [2.45, 2.75) is 33.2 Å². The Balaban J connectivity index is 1.42. The predicted octanol–water partition coefficient (Wildman–Crippen LogP) is 5.90. The van der Waals surface area contributed by atoms with Crippen molar-refractivity contribution in [3.8, 4) is 0 Å². The summed E-state index contributed by atoms with van der Waals surface area (Å²) in [7, 11) is 0. The van der Waals surface area contributed by atoms with Gasteiger partial charge in [-0.3, -0.25) is 14.3 Å². The molecule has 174 valence electrons. The van der Waals surface area contributed by atoms with Crippen LogP contribution in [0.5, 0.6) is 0 Å². The molecule has 0 aliphatic carbocycles. The normalized spacial score (nSPS) is 13.6. The zero-order valence-corrected chi connectivity index (χ0v) is 20.7. The third kappa shape index (κ3) is 4.33. The number of rotatable bonds is 5. The van der Waals surface area contributed by atoms with Crippen molar-refractivity contribution in [2.24, 2.45) is 0 Å². The van der Waals surface area contributed by atoms with E-state index in [1.54, 1.807) is 6.07 Å². The van der Waals surface area contributed by atoms with Crippen LogP contribution in [0.3, 0.4) is 0 Å². The number of halogens is 1. The highest BCUT2D eigenvalue weighted by molar-refractivity contribution is 7.20. The summed E-state index contributed by atoms with van der Waals surface area (Å²) < 4.78 is 1.92. The number of likely N-dealkylation sites (tertiary alicyclic amines) is 1. The molecule has 0 radical (unpaired) electrons. The SMILES string of the molecule is Cc1cccc(C(=O)N2CCCC2)c1NC(=O)c1cc2c(C)nn(Cc3ccc(Cl)cc3)c2s1. The minimum Gasteiger partial charge on any atom is -0.339 e. The fraction of sp³-hybridized carbons (Fsp3) is 0.269. The summed E-state index contributed by atoms with van der Waals surface area (Å²) in [5, 5.41) is 9.34. The van der Waals surface area contributed by atoms with Crippen molar-refractivity contribution in [3.05, 3.63) is 80.8 Å². The van der Waals surface area contributed by atoms with Gasteiger partial charge in [0.2, 0.25) is 0 Å². The second-order valence-electron chi connectivity index (χ2n) is 8.65. The highest BCUT2D eigenvalue weighted by Crippen LogP contribution is 2.31. The summed E-state index contributed by atoms with van der Waals surface area (Å²) in [6.07, 6.45) is 2.04. The number of nitrogens with zero attached hydrogens (tertiary/aromatic N) is 3. The second-order valence-corrected chi connectivity index (χ2v) is 10.1. The number of anilines is 1. The molecule has 2 amide bonds. The zero-order valence-electron chi connectivity index (χ0n) is 19.1. The first-order valence-corrected chi connectivity index (χ1v) is 12.5. The van der Waals surface area contributed by atoms with E-state index in [2.05, 4.69) is 10.4 Å². The van der Waals surface area contributed by atoms with Crippen LogP contribution in [0.15, 0.2) is 48.5 Å². The van der Waals surface area contributed by atoms with Crippen molar-refractivity contribution in [1.82, 2.24) is 14.7 Å². The number of hydrogen-bond donors (Lipinski definition) is 1. The molecular formula is C26H25ClN4O2S. The monoisotopic (exact) mass is 492 g/mol. The molecule has 2 aromatic carbocycles. The highest BCUT2D eigenvalue weighted by Gasteiger charge is 2.24. The summed E-state index contributed by atoms with van der Waals surface area (Å²) >= 11 is 7.42. The standard InChI is InChI=1S/C26H25ClN4O2S/c1-16-6-5-7-20(25(33)30-12-3-4-13-30)23(16)28-24(32)22-14-21-17(2)29-31(26(21)34-22)15-18-8-10-19(27)11-9-18/h5-11,14H,3-4,12-13,15H2,1-2H3,(H,28,32). The fourth-order valence-electron chi connectivity index (χ4n) is 4.37. The van der Waals surface area contributed by atoms with E-state index >= 15 is 0 Å². The number of carbonyl (C=O) groups is 2. The Hall–Kier alpha value is -3.16. The molecule has 1 N–H and O–H groups in total. The number of fused-ring (bicyclic) bond motifs is 1. The van der Waals surface area contributed by atoms with Crippen LogP contribution in [-0.2, 0) is 6.54 Å². The molecule has 5 rings (SSSR count). The molecule has 0 bridgehead atoms. The summed E-state index contributed by atoms with van der Waals surface area (Å²) in [5.74, 6) is -0.245. The molecule has 1 aliphatic heterocycles. The van der Waals surface area contributed by atoms with Gasteiger partial charge in [-0.05, 0) is 62.1 Å². The number of hydrogen-bond acceptors (Lipinski definition) is 4. The lowest BCUT2D eigenvalue weighted by Gasteiger charge is -2.19. The van der Waals surface area contributed by atoms with Gasteiger partial charge in [0.05, 0.1) is 28.4 Å². The second kappa shape index (κ2) is 9.24. The van der Waals surface area contributed by atoms with E-state index in [1.807, 2.05) is 65.9 Å². The van der Waals surface area contributed by atoms with Crippen molar-refractivity contribution >= 4 is 50.7 Å². The Morgan fingerprint density at radius 1 is 1.09 bits per heavy atom. The number of aryl methyl sites for hydroxylation is 2. The van der Waals surface area contributed by atoms with Crippen LogP contribution in [0.4, 0.5) is 5.69 Å². The van der Waals surface area contributed by atoms with E-state index in [-0.39, 0.29) is 11.8 Å². The quantitative estimate of drug-likeness (QED) is 0.377. The van der Waals surface area contributed by atoms with Crippen molar-refractivity contribution in [3.63, 3.8) is 0 Å². The lowest BCUT2D eigenvalue weighted by Crippen LogP contribution is -2.29. The number of nitrogens with one attached hydrogen (secondary N) is 1. The van der Waals surface area contributed by atoms with Gasteiger partial charge < -0.3 is 10.2 Å². The fourth-order valence-corrected chi connectivity index (χ4v) is 5.55. The third-order valence-electron chi connectivity index (χ3n) is 6.21. The summed E-state index contributed by atoms with van der Waals surface area (Å²) in [5.41, 5.74) is 3.95. The van der Waals surface area contributed by atoms with Crippen molar-refractivity contribution in [2.75, 3.05) is 18.4 Å². The van der Waals surface area contributed by atoms with Gasteiger partial charge in [-0.1, -0.05) is 35.9 Å². The van der Waals surface area contributed by atoms with Crippen LogP contribution >= 0.6 is 22.9 Å². The maximum Gasteiger partial charge on any atom is 0.265 e. The van der Waals surface area contributed by atoms with Gasteiger partial charge in [0.1, 0.15) is 4.83 Å². The van der Waals surface area contributed by atoms with Crippen LogP contribution in [0.2, 0.25) is 5.02 Å². The lowest BCUT2D eigenvalue weighted by molar-refractivity contribution is 0.0793. The van der Waals surface area contributed by atoms with Crippen LogP contribution in [0.1, 0.15) is 49.7 Å². The van der Waals surface area contributed by atoms with E-state index in [9.17, 15) is 9.59 Å². The van der Waals surface area contributed by atoms with E-state index in [0.29, 0.717) is 27.7 Å². The van der Waals surface area contributed by atoms with E-state index in [0.717, 1.165) is 53.0 Å². The Morgan fingerprint density at radius 3 is 2.56 bits per heavy atom. The van der Waals surface area contributed by atoms with Crippen LogP contribution in [0, 0.1) is 13.8 Å². The minimum atomic E-state index is -0.219. The minimum absolute atomic E-state index is 0.0257. The topological polar surface area (TPSA) is 67.2 Å². The number of amides is 2. The first-order chi connectivity index (χ1) is 16.4. The van der Waals surface area contributed by atoms with Crippen molar-refractivity contribution in [1.29, 1.82) is 0 Å². The number of benzene rings is 2. The largest absolute Gasteiger partial charge is 0.339 e. The molecule has 3 heterocycles. The van der Waals surface area contributed by atoms with Gasteiger partial charge in [0.15, 0.2) is 0 Å². The molecule has 1 aliphatic rings. The Bertz CT molecular complexity index is 1380. The first-order valence-electron chi connectivity index (χ1n) is 11.3. The smallest absolute Gasteiger partial charge is 0.265 e. The summed E-state index contributed by atoms with van der Waals surface area (Å²) in [6, 6.07) is 15.1. The van der Waals surface area contributed by atoms with Crippen LogP contribution in [0.25, 0.3) is 10.2 Å². The maximum atomic E-state index is 13.3. The van der Waals surface area contributed by atoms with Gasteiger partial charge in [-0.15, -0.1) is 11.3 Å². The number of carbonyl (C=O) groups excluding carboxylic acids is 2. The maximum absolute atomic E-state index is 13.3. The summed E-state index contributed by atoms with van der Waals surface area (Å²) in [6.45, 7) is 5.98. The van der Waals surface area contributed by atoms with Crippen LogP contribution < -0.4 is 5.32 Å². The Kier molecular flexibility index (Phi) is 6.15. The Morgan fingerprint density at radius 2 is 1.82 bits per heavy atom.